The van der Waals surface area contributed by atoms with Crippen LogP contribution < -0.4 is 16.4 Å². The number of primary amides is 1. The molecular formula is C24H20N4O5. The summed E-state index contributed by atoms with van der Waals surface area (Å²) in [6.07, 6.45) is 0. The van der Waals surface area contributed by atoms with Crippen LogP contribution in [0.5, 0.6) is 0 Å². The number of nitrogens with two attached hydrogens (primary N) is 2. The summed E-state index contributed by atoms with van der Waals surface area (Å²) in [7, 11) is 0. The molecule has 4 rings (SSSR count). The lowest BCUT2D eigenvalue weighted by Crippen LogP contribution is -2.50. The van der Waals surface area contributed by atoms with Crippen molar-refractivity contribution in [3.8, 4) is 6.07 Å². The number of allylic oxidation sites excluding steroid dienone is 1. The minimum Gasteiger partial charge on any atom is -0.457 e. The van der Waals surface area contributed by atoms with Crippen LogP contribution in [-0.4, -0.2) is 24.3 Å². The monoisotopic (exact) mass is 444 g/mol. The second-order valence-corrected chi connectivity index (χ2v) is 7.57. The quantitative estimate of drug-likeness (QED) is 0.664. The third-order valence-corrected chi connectivity index (χ3v) is 5.62. The van der Waals surface area contributed by atoms with Gasteiger partial charge in [-0.1, -0.05) is 48.5 Å². The van der Waals surface area contributed by atoms with Crippen LogP contribution in [0.25, 0.3) is 0 Å². The number of carbonyl (C=O) groups is 3. The number of fused-ring (bicyclic) bond motifs is 2. The maximum Gasteiger partial charge on any atom is 0.339 e. The van der Waals surface area contributed by atoms with Crippen LogP contribution >= 0.6 is 0 Å². The highest BCUT2D eigenvalue weighted by molar-refractivity contribution is 6.19. The molecule has 9 heteroatoms. The second kappa shape index (κ2) is 8.16. The molecule has 2 aliphatic rings. The Labute approximate surface area is 189 Å². The van der Waals surface area contributed by atoms with E-state index in [2.05, 4.69) is 0 Å². The molecule has 2 aliphatic heterocycles. The number of anilines is 1. The minimum absolute atomic E-state index is 0.0219. The topological polar surface area (TPSA) is 149 Å². The Kier molecular flexibility index (Phi) is 5.35. The molecule has 0 bridgehead atoms. The Hall–Kier alpha value is -4.58. The zero-order chi connectivity index (χ0) is 23.8. The van der Waals surface area contributed by atoms with Crippen LogP contribution in [0, 0.1) is 11.3 Å². The lowest BCUT2D eigenvalue weighted by atomic mass is 9.68. The summed E-state index contributed by atoms with van der Waals surface area (Å²) in [6, 6.07) is 17.5. The van der Waals surface area contributed by atoms with E-state index in [0.29, 0.717) is 11.3 Å². The van der Waals surface area contributed by atoms with Gasteiger partial charge < -0.3 is 25.8 Å². The normalized spacial score (nSPS) is 19.3. The Morgan fingerprint density at radius 3 is 2.48 bits per heavy atom. The Morgan fingerprint density at radius 2 is 1.82 bits per heavy atom. The number of hydrogen-bond acceptors (Lipinski definition) is 7. The van der Waals surface area contributed by atoms with Gasteiger partial charge in [0.2, 0.25) is 17.7 Å². The van der Waals surface area contributed by atoms with Crippen LogP contribution in [0.4, 0.5) is 5.69 Å². The number of amides is 2. The number of ether oxygens (including phenoxy) is 2. The molecule has 1 atom stereocenters. The molecule has 9 nitrogen and oxygen atoms in total. The number of hydrogen-bond donors (Lipinski definition) is 2. The van der Waals surface area contributed by atoms with Crippen molar-refractivity contribution in [1.29, 1.82) is 5.26 Å². The van der Waals surface area contributed by atoms with Crippen molar-refractivity contribution in [2.75, 3.05) is 11.4 Å². The smallest absolute Gasteiger partial charge is 0.339 e. The lowest BCUT2D eigenvalue weighted by Gasteiger charge is -2.34. The summed E-state index contributed by atoms with van der Waals surface area (Å²) >= 11 is 0. The third kappa shape index (κ3) is 3.29. The van der Waals surface area contributed by atoms with E-state index in [1.54, 1.807) is 48.5 Å². The zero-order valence-electron chi connectivity index (χ0n) is 17.7. The van der Waals surface area contributed by atoms with Gasteiger partial charge in [-0.15, -0.1) is 0 Å². The molecule has 166 valence electrons. The molecule has 0 saturated heterocycles. The van der Waals surface area contributed by atoms with E-state index in [-0.39, 0.29) is 29.4 Å². The van der Waals surface area contributed by atoms with Gasteiger partial charge in [-0.3, -0.25) is 9.59 Å². The zero-order valence-corrected chi connectivity index (χ0v) is 17.7. The maximum atomic E-state index is 13.9. The van der Waals surface area contributed by atoms with Gasteiger partial charge in [0.05, 0.1) is 0 Å². The van der Waals surface area contributed by atoms with Crippen LogP contribution in [-0.2, 0) is 35.9 Å². The molecule has 33 heavy (non-hydrogen) atoms. The molecular weight excluding hydrogens is 424 g/mol. The van der Waals surface area contributed by atoms with Gasteiger partial charge in [0.25, 0.3) is 0 Å². The second-order valence-electron chi connectivity index (χ2n) is 7.57. The van der Waals surface area contributed by atoms with Crippen LogP contribution in [0.15, 0.2) is 77.4 Å². The van der Waals surface area contributed by atoms with E-state index < -0.39 is 29.7 Å². The fourth-order valence-electron chi connectivity index (χ4n) is 4.32. The standard InChI is InChI=1S/C24H20N4O5/c1-14-20(22(30)32-13-15-7-3-2-4-8-15)24(17(11-25)21(27)33-14)16-9-5-6-10-18(16)28(23(24)31)12-19(26)29/h2-10H,12-13,27H2,1H3,(H2,26,29). The largest absolute Gasteiger partial charge is 0.457 e. The van der Waals surface area contributed by atoms with Crippen molar-refractivity contribution in [3.63, 3.8) is 0 Å². The van der Waals surface area contributed by atoms with Gasteiger partial charge in [-0.05, 0) is 18.6 Å². The summed E-state index contributed by atoms with van der Waals surface area (Å²) in [4.78, 5) is 40.2. The highest BCUT2D eigenvalue weighted by Crippen LogP contribution is 2.54. The molecule has 2 amide bonds. The number of para-hydroxylation sites is 1. The molecule has 0 radical (unpaired) electrons. The van der Waals surface area contributed by atoms with Crippen molar-refractivity contribution >= 4 is 23.5 Å². The maximum absolute atomic E-state index is 13.9. The van der Waals surface area contributed by atoms with E-state index >= 15 is 0 Å². The van der Waals surface area contributed by atoms with E-state index in [4.69, 9.17) is 20.9 Å². The Bertz CT molecular complexity index is 1280. The van der Waals surface area contributed by atoms with Gasteiger partial charge in [-0.2, -0.15) is 5.26 Å². The third-order valence-electron chi connectivity index (χ3n) is 5.62. The first-order valence-electron chi connectivity index (χ1n) is 10.0. The van der Waals surface area contributed by atoms with Crippen LogP contribution in [0.3, 0.4) is 0 Å². The summed E-state index contributed by atoms with van der Waals surface area (Å²) in [5, 5.41) is 9.99. The molecule has 2 aromatic rings. The molecule has 0 aliphatic carbocycles. The predicted octanol–water partition coefficient (Wildman–Crippen LogP) is 1.50. The summed E-state index contributed by atoms with van der Waals surface area (Å²) in [5.74, 6) is -2.60. The average Bonchev–Trinajstić information content (AvgIpc) is 3.02. The molecule has 0 saturated carbocycles. The van der Waals surface area contributed by atoms with Gasteiger partial charge in [0.15, 0.2) is 5.41 Å². The number of carbonyl (C=O) groups excluding carboxylic acids is 3. The fraction of sp³-hybridized carbons (Fsp3) is 0.167. The number of benzene rings is 2. The van der Waals surface area contributed by atoms with Crippen molar-refractivity contribution in [3.05, 3.63) is 88.5 Å². The fourth-order valence-corrected chi connectivity index (χ4v) is 4.32. The minimum atomic E-state index is -1.93. The number of nitrogens with zero attached hydrogens (tertiary/aromatic N) is 2. The van der Waals surface area contributed by atoms with Gasteiger partial charge >= 0.3 is 5.97 Å². The SMILES string of the molecule is CC1=C(C(=O)OCc2ccccc2)C2(C(=O)N(CC(N)=O)c3ccccc32)C(C#N)=C(N)O1. The summed E-state index contributed by atoms with van der Waals surface area (Å²) < 4.78 is 11.0. The number of rotatable bonds is 5. The summed E-state index contributed by atoms with van der Waals surface area (Å²) in [5.41, 5.74) is 10.4. The molecule has 1 spiro atoms. The first-order valence-corrected chi connectivity index (χ1v) is 10.0. The highest BCUT2D eigenvalue weighted by Gasteiger charge is 2.62. The molecule has 0 fully saturated rings. The highest BCUT2D eigenvalue weighted by atomic mass is 16.5. The van der Waals surface area contributed by atoms with E-state index in [1.165, 1.54) is 6.92 Å². The van der Waals surface area contributed by atoms with Crippen molar-refractivity contribution in [2.45, 2.75) is 18.9 Å². The molecule has 4 N–H and O–H groups in total. The molecule has 0 aromatic heterocycles. The average molecular weight is 444 g/mol. The van der Waals surface area contributed by atoms with Gasteiger partial charge in [0, 0.05) is 11.3 Å². The lowest BCUT2D eigenvalue weighted by molar-refractivity contribution is -0.142. The van der Waals surface area contributed by atoms with Crippen molar-refractivity contribution < 1.29 is 23.9 Å². The first-order chi connectivity index (χ1) is 15.8. The Morgan fingerprint density at radius 1 is 1.15 bits per heavy atom. The number of esters is 1. The first kappa shape index (κ1) is 21.6. The van der Waals surface area contributed by atoms with E-state index in [1.807, 2.05) is 12.1 Å². The van der Waals surface area contributed by atoms with Crippen LogP contribution in [0.1, 0.15) is 18.1 Å². The molecule has 2 aromatic carbocycles. The predicted molar refractivity (Wildman–Crippen MR) is 117 cm³/mol. The van der Waals surface area contributed by atoms with Crippen molar-refractivity contribution in [1.82, 2.24) is 0 Å². The van der Waals surface area contributed by atoms with Gasteiger partial charge in [0.1, 0.15) is 36.1 Å². The van der Waals surface area contributed by atoms with Gasteiger partial charge in [-0.25, -0.2) is 4.79 Å². The molecule has 2 heterocycles. The van der Waals surface area contributed by atoms with Crippen LogP contribution in [0.2, 0.25) is 0 Å². The molecule has 1 unspecified atom stereocenters. The van der Waals surface area contributed by atoms with Crippen molar-refractivity contribution in [2.24, 2.45) is 11.5 Å². The summed E-state index contributed by atoms with van der Waals surface area (Å²) in [6.45, 7) is 0.964. The Balaban J connectivity index is 1.89. The van der Waals surface area contributed by atoms with E-state index in [0.717, 1.165) is 10.5 Å². The number of nitriles is 1. The van der Waals surface area contributed by atoms with E-state index in [9.17, 15) is 19.6 Å².